The van der Waals surface area contributed by atoms with Crippen molar-refractivity contribution in [3.05, 3.63) is 46.7 Å². The highest BCUT2D eigenvalue weighted by Crippen LogP contribution is 2.33. The standard InChI is InChI=1S/C15H13ClF3NO2/c1-9-2-3-10(4-13(9)16)12-5-11(7-21)20-6-14(12)22-8-15(17,18)19/h2-6,21H,7-8H2,1H3. The molecule has 2 rings (SSSR count). The van der Waals surface area contributed by atoms with E-state index in [0.717, 1.165) is 5.56 Å². The summed E-state index contributed by atoms with van der Waals surface area (Å²) in [5.74, 6) is -0.0190. The molecule has 0 unspecified atom stereocenters. The van der Waals surface area contributed by atoms with E-state index in [1.807, 2.05) is 6.92 Å². The number of aliphatic hydroxyl groups excluding tert-OH is 1. The van der Waals surface area contributed by atoms with Crippen LogP contribution in [-0.4, -0.2) is 22.9 Å². The summed E-state index contributed by atoms with van der Waals surface area (Å²) >= 11 is 6.05. The number of rotatable bonds is 4. The van der Waals surface area contributed by atoms with Crippen molar-refractivity contribution in [2.24, 2.45) is 0 Å². The Labute approximate surface area is 130 Å². The molecule has 2 aromatic rings. The number of aliphatic hydroxyl groups is 1. The number of nitrogens with zero attached hydrogens (tertiary/aromatic N) is 1. The van der Waals surface area contributed by atoms with Crippen LogP contribution >= 0.6 is 11.6 Å². The first kappa shape index (κ1) is 16.6. The molecule has 0 fully saturated rings. The van der Waals surface area contributed by atoms with Crippen LogP contribution in [0.3, 0.4) is 0 Å². The van der Waals surface area contributed by atoms with E-state index in [9.17, 15) is 13.2 Å². The molecule has 0 saturated heterocycles. The molecule has 0 amide bonds. The van der Waals surface area contributed by atoms with Gasteiger partial charge in [-0.15, -0.1) is 0 Å². The van der Waals surface area contributed by atoms with Crippen LogP contribution in [0.25, 0.3) is 11.1 Å². The van der Waals surface area contributed by atoms with E-state index in [0.29, 0.717) is 21.8 Å². The second-order valence-corrected chi connectivity index (χ2v) is 5.10. The molecule has 0 aliphatic heterocycles. The van der Waals surface area contributed by atoms with Gasteiger partial charge in [-0.25, -0.2) is 0 Å². The molecule has 1 aromatic carbocycles. The van der Waals surface area contributed by atoms with Gasteiger partial charge in [0.25, 0.3) is 0 Å². The van der Waals surface area contributed by atoms with Crippen LogP contribution in [0.4, 0.5) is 13.2 Å². The van der Waals surface area contributed by atoms with Crippen molar-refractivity contribution in [1.29, 1.82) is 0 Å². The topological polar surface area (TPSA) is 42.4 Å². The highest BCUT2D eigenvalue weighted by Gasteiger charge is 2.29. The third-order valence-corrected chi connectivity index (χ3v) is 3.37. The quantitative estimate of drug-likeness (QED) is 0.915. The molecule has 0 atom stereocenters. The van der Waals surface area contributed by atoms with E-state index in [4.69, 9.17) is 21.4 Å². The van der Waals surface area contributed by atoms with Crippen LogP contribution in [-0.2, 0) is 6.61 Å². The van der Waals surface area contributed by atoms with Crippen LogP contribution in [0.2, 0.25) is 5.02 Å². The van der Waals surface area contributed by atoms with E-state index in [1.54, 1.807) is 18.2 Å². The molecular weight excluding hydrogens is 319 g/mol. The third-order valence-electron chi connectivity index (χ3n) is 2.96. The van der Waals surface area contributed by atoms with Gasteiger partial charge in [0.15, 0.2) is 6.61 Å². The van der Waals surface area contributed by atoms with Crippen LogP contribution < -0.4 is 4.74 Å². The smallest absolute Gasteiger partial charge is 0.422 e. The van der Waals surface area contributed by atoms with Gasteiger partial charge in [-0.3, -0.25) is 4.98 Å². The van der Waals surface area contributed by atoms with Gasteiger partial charge in [-0.05, 0) is 30.2 Å². The van der Waals surface area contributed by atoms with Gasteiger partial charge < -0.3 is 9.84 Å². The number of pyridine rings is 1. The predicted molar refractivity (Wildman–Crippen MR) is 76.9 cm³/mol. The number of aryl methyl sites for hydroxylation is 1. The van der Waals surface area contributed by atoms with E-state index in [-0.39, 0.29) is 12.4 Å². The maximum Gasteiger partial charge on any atom is 0.422 e. The van der Waals surface area contributed by atoms with Gasteiger partial charge in [0.2, 0.25) is 0 Å². The van der Waals surface area contributed by atoms with Crippen molar-refractivity contribution >= 4 is 11.6 Å². The van der Waals surface area contributed by atoms with E-state index in [1.165, 1.54) is 12.3 Å². The second kappa shape index (κ2) is 6.54. The lowest BCUT2D eigenvalue weighted by atomic mass is 10.0. The van der Waals surface area contributed by atoms with Gasteiger partial charge in [0, 0.05) is 10.6 Å². The molecule has 0 bridgehead atoms. The normalized spacial score (nSPS) is 11.5. The van der Waals surface area contributed by atoms with E-state index >= 15 is 0 Å². The number of alkyl halides is 3. The maximum atomic E-state index is 12.3. The van der Waals surface area contributed by atoms with E-state index in [2.05, 4.69) is 4.98 Å². The van der Waals surface area contributed by atoms with Crippen molar-refractivity contribution in [2.75, 3.05) is 6.61 Å². The highest BCUT2D eigenvalue weighted by molar-refractivity contribution is 6.31. The maximum absolute atomic E-state index is 12.3. The van der Waals surface area contributed by atoms with Crippen LogP contribution in [0.5, 0.6) is 5.75 Å². The minimum Gasteiger partial charge on any atom is -0.482 e. The van der Waals surface area contributed by atoms with Crippen molar-refractivity contribution in [3.63, 3.8) is 0 Å². The summed E-state index contributed by atoms with van der Waals surface area (Å²) in [5, 5.41) is 9.64. The fourth-order valence-electron chi connectivity index (χ4n) is 1.83. The Bertz CT molecular complexity index is 674. The van der Waals surface area contributed by atoms with Gasteiger partial charge in [0.05, 0.1) is 18.5 Å². The molecule has 22 heavy (non-hydrogen) atoms. The molecule has 118 valence electrons. The summed E-state index contributed by atoms with van der Waals surface area (Å²) in [6.07, 6.45) is -3.28. The lowest BCUT2D eigenvalue weighted by Gasteiger charge is -2.14. The molecular formula is C15H13ClF3NO2. The zero-order valence-corrected chi connectivity index (χ0v) is 12.4. The average molecular weight is 332 g/mol. The average Bonchev–Trinajstić information content (AvgIpc) is 2.47. The SMILES string of the molecule is Cc1ccc(-c2cc(CO)ncc2OCC(F)(F)F)cc1Cl. The van der Waals surface area contributed by atoms with Gasteiger partial charge in [-0.1, -0.05) is 23.7 Å². The molecule has 1 heterocycles. The third kappa shape index (κ3) is 4.11. The van der Waals surface area contributed by atoms with Crippen molar-refractivity contribution < 1.29 is 23.0 Å². The lowest BCUT2D eigenvalue weighted by molar-refractivity contribution is -0.153. The Morgan fingerprint density at radius 3 is 2.59 bits per heavy atom. The molecule has 3 nitrogen and oxygen atoms in total. The molecule has 1 aromatic heterocycles. The summed E-state index contributed by atoms with van der Waals surface area (Å²) in [6, 6.07) is 6.59. The lowest BCUT2D eigenvalue weighted by Crippen LogP contribution is -2.19. The molecule has 7 heteroatoms. The number of benzene rings is 1. The Balaban J connectivity index is 2.43. The zero-order chi connectivity index (χ0) is 16.3. The molecule has 0 saturated carbocycles. The van der Waals surface area contributed by atoms with Crippen molar-refractivity contribution in [2.45, 2.75) is 19.7 Å². The van der Waals surface area contributed by atoms with Crippen LogP contribution in [0.15, 0.2) is 30.5 Å². The van der Waals surface area contributed by atoms with E-state index < -0.39 is 12.8 Å². The first-order chi connectivity index (χ1) is 10.3. The molecule has 0 aliphatic carbocycles. The largest absolute Gasteiger partial charge is 0.482 e. The van der Waals surface area contributed by atoms with Gasteiger partial charge in [-0.2, -0.15) is 13.2 Å². The number of hydrogen-bond donors (Lipinski definition) is 1. The number of halogens is 4. The fraction of sp³-hybridized carbons (Fsp3) is 0.267. The molecule has 0 radical (unpaired) electrons. The summed E-state index contributed by atoms with van der Waals surface area (Å²) in [5.41, 5.74) is 2.15. The summed E-state index contributed by atoms with van der Waals surface area (Å²) in [6.45, 7) is 0.0742. The Morgan fingerprint density at radius 2 is 2.00 bits per heavy atom. The molecule has 0 aliphatic rings. The second-order valence-electron chi connectivity index (χ2n) is 4.70. The Kier molecular flexibility index (Phi) is 4.93. The van der Waals surface area contributed by atoms with Crippen molar-refractivity contribution in [1.82, 2.24) is 4.98 Å². The number of hydrogen-bond acceptors (Lipinski definition) is 3. The minimum absolute atomic E-state index is 0.0190. The van der Waals surface area contributed by atoms with Gasteiger partial charge >= 0.3 is 6.18 Å². The monoisotopic (exact) mass is 331 g/mol. The van der Waals surface area contributed by atoms with Crippen LogP contribution in [0.1, 0.15) is 11.3 Å². The van der Waals surface area contributed by atoms with Gasteiger partial charge in [0.1, 0.15) is 5.75 Å². The first-order valence-corrected chi connectivity index (χ1v) is 6.74. The molecule has 1 N–H and O–H groups in total. The highest BCUT2D eigenvalue weighted by atomic mass is 35.5. The van der Waals surface area contributed by atoms with Crippen molar-refractivity contribution in [3.8, 4) is 16.9 Å². The summed E-state index contributed by atoms with van der Waals surface area (Å²) in [4.78, 5) is 3.85. The zero-order valence-electron chi connectivity index (χ0n) is 11.6. The minimum atomic E-state index is -4.45. The fourth-order valence-corrected chi connectivity index (χ4v) is 2.01. The number of aromatic nitrogens is 1. The molecule has 0 spiro atoms. The number of ether oxygens (including phenoxy) is 1. The Hall–Kier alpha value is -1.79. The predicted octanol–water partition coefficient (Wildman–Crippen LogP) is 4.14. The van der Waals surface area contributed by atoms with Crippen LogP contribution in [0, 0.1) is 6.92 Å². The summed E-state index contributed by atoms with van der Waals surface area (Å²) < 4.78 is 41.8. The first-order valence-electron chi connectivity index (χ1n) is 6.36. The summed E-state index contributed by atoms with van der Waals surface area (Å²) in [7, 11) is 0. The Morgan fingerprint density at radius 1 is 1.27 bits per heavy atom.